The zero-order chi connectivity index (χ0) is 26.8. The Bertz CT molecular complexity index is 964. The van der Waals surface area contributed by atoms with Gasteiger partial charge in [-0.2, -0.15) is 5.26 Å². The summed E-state index contributed by atoms with van der Waals surface area (Å²) < 4.78 is 10.1. The van der Waals surface area contributed by atoms with Gasteiger partial charge in [-0.25, -0.2) is 4.79 Å². The fourth-order valence-corrected chi connectivity index (χ4v) is 3.19. The average Bonchev–Trinajstić information content (AvgIpc) is 2.74. The zero-order valence-corrected chi connectivity index (χ0v) is 21.6. The first-order valence-electron chi connectivity index (χ1n) is 11.5. The maximum absolute atomic E-state index is 13.3. The molecule has 0 aliphatic carbocycles. The predicted molar refractivity (Wildman–Crippen MR) is 129 cm³/mol. The van der Waals surface area contributed by atoms with Crippen molar-refractivity contribution in [2.24, 2.45) is 0 Å². The quantitative estimate of drug-likeness (QED) is 0.381. The molecule has 35 heavy (non-hydrogen) atoms. The standard InChI is InChI=1S/C25H36N4O6/c1-8-34-20(30)11-13-27-22(31)21(19-10-9-16(2)17(3)15-19)29(14-12-26)23(32)18(4)28-24(33)35-25(5,6)7/h9-10,15,18,21H,8,11,13-14H2,1-7H3,(H,27,31)(H,28,33). The van der Waals surface area contributed by atoms with Gasteiger partial charge in [0.1, 0.15) is 24.2 Å². The number of carbonyl (C=O) groups is 4. The van der Waals surface area contributed by atoms with Gasteiger partial charge >= 0.3 is 12.1 Å². The Balaban J connectivity index is 3.23. The molecule has 0 spiro atoms. The van der Waals surface area contributed by atoms with Crippen LogP contribution in [0.2, 0.25) is 0 Å². The first-order valence-corrected chi connectivity index (χ1v) is 11.5. The summed E-state index contributed by atoms with van der Waals surface area (Å²) >= 11 is 0. The second-order valence-corrected chi connectivity index (χ2v) is 9.08. The van der Waals surface area contributed by atoms with Crippen molar-refractivity contribution < 1.29 is 28.7 Å². The monoisotopic (exact) mass is 488 g/mol. The highest BCUT2D eigenvalue weighted by Crippen LogP contribution is 2.24. The van der Waals surface area contributed by atoms with Crippen LogP contribution in [0.25, 0.3) is 0 Å². The number of alkyl carbamates (subject to hydrolysis) is 1. The minimum Gasteiger partial charge on any atom is -0.466 e. The van der Waals surface area contributed by atoms with Crippen LogP contribution in [0, 0.1) is 25.2 Å². The second-order valence-electron chi connectivity index (χ2n) is 9.08. The highest BCUT2D eigenvalue weighted by molar-refractivity contribution is 5.92. The van der Waals surface area contributed by atoms with Crippen LogP contribution in [-0.4, -0.2) is 60.1 Å². The molecule has 1 rings (SSSR count). The molecule has 1 aromatic carbocycles. The number of hydrogen-bond acceptors (Lipinski definition) is 7. The molecule has 10 heteroatoms. The third kappa shape index (κ3) is 9.65. The van der Waals surface area contributed by atoms with E-state index in [1.807, 2.05) is 26.0 Å². The minimum atomic E-state index is -1.16. The Labute approximate surface area is 206 Å². The van der Waals surface area contributed by atoms with Gasteiger partial charge in [-0.05, 0) is 65.2 Å². The Kier molecular flexibility index (Phi) is 11.2. The highest BCUT2D eigenvalue weighted by atomic mass is 16.6. The van der Waals surface area contributed by atoms with Crippen molar-refractivity contribution in [1.29, 1.82) is 5.26 Å². The van der Waals surface area contributed by atoms with E-state index >= 15 is 0 Å². The van der Waals surface area contributed by atoms with Gasteiger partial charge in [0.15, 0.2) is 0 Å². The molecule has 0 radical (unpaired) electrons. The van der Waals surface area contributed by atoms with E-state index in [-0.39, 0.29) is 19.6 Å². The molecule has 0 aromatic heterocycles. The molecule has 3 amide bonds. The number of nitrogens with zero attached hydrogens (tertiary/aromatic N) is 2. The molecular weight excluding hydrogens is 452 g/mol. The van der Waals surface area contributed by atoms with Gasteiger partial charge in [-0.15, -0.1) is 0 Å². The van der Waals surface area contributed by atoms with Crippen molar-refractivity contribution in [3.63, 3.8) is 0 Å². The molecule has 0 aliphatic heterocycles. The van der Waals surface area contributed by atoms with Gasteiger partial charge in [-0.3, -0.25) is 14.4 Å². The molecule has 0 aliphatic rings. The lowest BCUT2D eigenvalue weighted by molar-refractivity contribution is -0.144. The van der Waals surface area contributed by atoms with Gasteiger partial charge in [0.2, 0.25) is 11.8 Å². The first kappa shape index (κ1) is 29.4. The molecular formula is C25H36N4O6. The largest absolute Gasteiger partial charge is 0.466 e. The number of ether oxygens (including phenoxy) is 2. The number of rotatable bonds is 10. The fourth-order valence-electron chi connectivity index (χ4n) is 3.19. The summed E-state index contributed by atoms with van der Waals surface area (Å²) in [6, 6.07) is 5.00. The lowest BCUT2D eigenvalue weighted by Crippen LogP contribution is -2.52. The van der Waals surface area contributed by atoms with Gasteiger partial charge in [-0.1, -0.05) is 18.2 Å². The molecule has 2 N–H and O–H groups in total. The minimum absolute atomic E-state index is 0.000688. The van der Waals surface area contributed by atoms with E-state index in [1.165, 1.54) is 6.92 Å². The Hall–Kier alpha value is -3.61. The van der Waals surface area contributed by atoms with Gasteiger partial charge in [0, 0.05) is 6.54 Å². The van der Waals surface area contributed by atoms with E-state index in [4.69, 9.17) is 9.47 Å². The van der Waals surface area contributed by atoms with Crippen molar-refractivity contribution in [3.8, 4) is 6.07 Å². The number of esters is 1. The fraction of sp³-hybridized carbons (Fsp3) is 0.560. The van der Waals surface area contributed by atoms with Gasteiger partial charge in [0.05, 0.1) is 19.1 Å². The van der Waals surface area contributed by atoms with Crippen LogP contribution in [0.5, 0.6) is 0 Å². The van der Waals surface area contributed by atoms with Crippen LogP contribution >= 0.6 is 0 Å². The molecule has 10 nitrogen and oxygen atoms in total. The number of nitrogens with one attached hydrogen (secondary N) is 2. The molecule has 0 fully saturated rings. The number of aryl methyl sites for hydroxylation is 2. The topological polar surface area (TPSA) is 138 Å². The molecule has 1 aromatic rings. The summed E-state index contributed by atoms with van der Waals surface area (Å²) in [6.07, 6.45) is -0.834. The van der Waals surface area contributed by atoms with Crippen LogP contribution in [0.15, 0.2) is 18.2 Å². The summed E-state index contributed by atoms with van der Waals surface area (Å²) in [4.78, 5) is 51.5. The third-order valence-electron chi connectivity index (χ3n) is 4.97. The average molecular weight is 489 g/mol. The van der Waals surface area contributed by atoms with Gasteiger partial charge < -0.3 is 25.0 Å². The molecule has 2 atom stereocenters. The van der Waals surface area contributed by atoms with Crippen LogP contribution < -0.4 is 10.6 Å². The molecule has 192 valence electrons. The SMILES string of the molecule is CCOC(=O)CCNC(=O)C(c1ccc(C)c(C)c1)N(CC#N)C(=O)C(C)NC(=O)OC(C)(C)C. The second kappa shape index (κ2) is 13.3. The number of benzene rings is 1. The van der Waals surface area contributed by atoms with Crippen molar-refractivity contribution in [2.45, 2.75) is 72.6 Å². The molecule has 0 saturated carbocycles. The van der Waals surface area contributed by atoms with Crippen LogP contribution in [0.4, 0.5) is 4.79 Å². The van der Waals surface area contributed by atoms with Crippen molar-refractivity contribution in [1.82, 2.24) is 15.5 Å². The van der Waals surface area contributed by atoms with Crippen LogP contribution in [-0.2, 0) is 23.9 Å². The van der Waals surface area contributed by atoms with Crippen molar-refractivity contribution in [3.05, 3.63) is 34.9 Å². The maximum Gasteiger partial charge on any atom is 0.408 e. The number of hydrogen-bond donors (Lipinski definition) is 2. The Morgan fingerprint density at radius 3 is 2.34 bits per heavy atom. The van der Waals surface area contributed by atoms with E-state index in [0.29, 0.717) is 5.56 Å². The van der Waals surface area contributed by atoms with Crippen LogP contribution in [0.1, 0.15) is 63.8 Å². The lowest BCUT2D eigenvalue weighted by atomic mass is 9.98. The van der Waals surface area contributed by atoms with E-state index < -0.39 is 48.1 Å². The molecule has 0 heterocycles. The molecule has 2 unspecified atom stereocenters. The van der Waals surface area contributed by atoms with Crippen molar-refractivity contribution >= 4 is 23.9 Å². The van der Waals surface area contributed by atoms with E-state index in [1.54, 1.807) is 39.8 Å². The lowest BCUT2D eigenvalue weighted by Gasteiger charge is -2.32. The summed E-state index contributed by atoms with van der Waals surface area (Å²) in [5.74, 6) is -1.66. The molecule has 0 saturated heterocycles. The third-order valence-corrected chi connectivity index (χ3v) is 4.97. The van der Waals surface area contributed by atoms with Crippen molar-refractivity contribution in [2.75, 3.05) is 19.7 Å². The number of nitriles is 1. The summed E-state index contributed by atoms with van der Waals surface area (Å²) in [7, 11) is 0. The van der Waals surface area contributed by atoms with Gasteiger partial charge in [0.25, 0.3) is 0 Å². The number of carbonyl (C=O) groups excluding carboxylic acids is 4. The summed E-state index contributed by atoms with van der Waals surface area (Å²) in [6.45, 7) is 11.8. The predicted octanol–water partition coefficient (Wildman–Crippen LogP) is 2.68. The number of amides is 3. The Morgan fingerprint density at radius 1 is 1.14 bits per heavy atom. The smallest absolute Gasteiger partial charge is 0.408 e. The highest BCUT2D eigenvalue weighted by Gasteiger charge is 2.34. The van der Waals surface area contributed by atoms with E-state index in [9.17, 15) is 24.4 Å². The first-order chi connectivity index (χ1) is 16.3. The summed E-state index contributed by atoms with van der Waals surface area (Å²) in [5.41, 5.74) is 1.62. The normalized spacial score (nSPS) is 12.5. The van der Waals surface area contributed by atoms with E-state index in [0.717, 1.165) is 16.0 Å². The maximum atomic E-state index is 13.3. The zero-order valence-electron chi connectivity index (χ0n) is 21.6. The Morgan fingerprint density at radius 2 is 1.80 bits per heavy atom. The van der Waals surface area contributed by atoms with Crippen LogP contribution in [0.3, 0.4) is 0 Å². The van der Waals surface area contributed by atoms with E-state index in [2.05, 4.69) is 10.6 Å². The molecule has 0 bridgehead atoms. The summed E-state index contributed by atoms with van der Waals surface area (Å²) in [5, 5.41) is 14.5.